The van der Waals surface area contributed by atoms with Gasteiger partial charge in [0, 0.05) is 42.2 Å². The third-order valence-electron chi connectivity index (χ3n) is 3.98. The second-order valence-corrected chi connectivity index (χ2v) is 5.93. The molecule has 4 aromatic rings. The Labute approximate surface area is 144 Å². The van der Waals surface area contributed by atoms with Crippen LogP contribution >= 0.6 is 0 Å². The molecule has 1 aromatic carbocycles. The lowest BCUT2D eigenvalue weighted by molar-refractivity contribution is -0.119. The molecule has 0 aliphatic carbocycles. The number of nitrogens with zero attached hydrogens (tertiary/aromatic N) is 4. The van der Waals surface area contributed by atoms with Crippen molar-refractivity contribution in [2.45, 2.75) is 19.9 Å². The number of carbonyl (C=O) groups is 1. The van der Waals surface area contributed by atoms with E-state index in [4.69, 9.17) is 4.42 Å². The van der Waals surface area contributed by atoms with E-state index in [-0.39, 0.29) is 5.78 Å². The van der Waals surface area contributed by atoms with Crippen LogP contribution in [-0.2, 0) is 17.8 Å². The molecular weight excluding hydrogens is 316 g/mol. The highest BCUT2D eigenvalue weighted by atomic mass is 16.4. The van der Waals surface area contributed by atoms with Crippen molar-refractivity contribution in [2.24, 2.45) is 0 Å². The highest BCUT2D eigenvalue weighted by Gasteiger charge is 2.09. The first-order chi connectivity index (χ1) is 12.2. The number of aryl methyl sites for hydroxylation is 1. The number of imidazole rings is 1. The first-order valence-electron chi connectivity index (χ1n) is 7.96. The van der Waals surface area contributed by atoms with Crippen LogP contribution < -0.4 is 0 Å². The molecule has 25 heavy (non-hydrogen) atoms. The Hall–Kier alpha value is -3.28. The molecule has 0 bridgehead atoms. The van der Waals surface area contributed by atoms with Crippen molar-refractivity contribution < 1.29 is 9.21 Å². The van der Waals surface area contributed by atoms with Crippen molar-refractivity contribution in [3.05, 3.63) is 67.0 Å². The van der Waals surface area contributed by atoms with Gasteiger partial charge < -0.3 is 8.98 Å². The smallest absolute Gasteiger partial charge is 0.191 e. The van der Waals surface area contributed by atoms with E-state index in [1.807, 2.05) is 31.2 Å². The van der Waals surface area contributed by atoms with Gasteiger partial charge in [0.1, 0.15) is 0 Å². The van der Waals surface area contributed by atoms with Gasteiger partial charge in [-0.15, -0.1) is 0 Å². The van der Waals surface area contributed by atoms with Crippen LogP contribution in [0.25, 0.3) is 22.1 Å². The number of Topliss-reactive ketones (excluding diaryl/α,β-unsaturated/α-hetero) is 1. The van der Waals surface area contributed by atoms with Crippen LogP contribution in [0.5, 0.6) is 0 Å². The first kappa shape index (κ1) is 15.3. The summed E-state index contributed by atoms with van der Waals surface area (Å²) in [5.74, 6) is 1.46. The molecule has 0 fully saturated rings. The second-order valence-electron chi connectivity index (χ2n) is 5.93. The van der Waals surface area contributed by atoms with Crippen LogP contribution in [0.3, 0.4) is 0 Å². The lowest BCUT2D eigenvalue weighted by Crippen LogP contribution is -2.12. The maximum atomic E-state index is 12.2. The van der Waals surface area contributed by atoms with Gasteiger partial charge in [0.15, 0.2) is 17.4 Å². The number of carbonyl (C=O) groups excluding carboxylic acids is 1. The zero-order chi connectivity index (χ0) is 17.2. The van der Waals surface area contributed by atoms with Crippen LogP contribution in [0, 0.1) is 6.92 Å². The van der Waals surface area contributed by atoms with E-state index in [1.54, 1.807) is 35.7 Å². The molecule has 6 heteroatoms. The van der Waals surface area contributed by atoms with E-state index < -0.39 is 0 Å². The summed E-state index contributed by atoms with van der Waals surface area (Å²) in [5.41, 5.74) is 1.71. The molecule has 3 aromatic heterocycles. The number of hydrogen-bond acceptors (Lipinski definition) is 5. The summed E-state index contributed by atoms with van der Waals surface area (Å²) in [6, 6.07) is 7.95. The molecule has 0 saturated heterocycles. The van der Waals surface area contributed by atoms with Crippen molar-refractivity contribution >= 4 is 16.6 Å². The van der Waals surface area contributed by atoms with Crippen molar-refractivity contribution in [1.29, 1.82) is 0 Å². The van der Waals surface area contributed by atoms with Gasteiger partial charge in [-0.2, -0.15) is 0 Å². The fraction of sp³-hybridized carbons (Fsp3) is 0.158. The minimum absolute atomic E-state index is 0.0897. The summed E-state index contributed by atoms with van der Waals surface area (Å²) in [4.78, 5) is 24.7. The summed E-state index contributed by atoms with van der Waals surface area (Å²) in [6.07, 6.45) is 8.88. The number of oxazole rings is 1. The van der Waals surface area contributed by atoms with E-state index in [1.165, 1.54) is 0 Å². The van der Waals surface area contributed by atoms with Crippen molar-refractivity contribution in [1.82, 2.24) is 19.5 Å². The Kier molecular flexibility index (Phi) is 3.85. The predicted molar refractivity (Wildman–Crippen MR) is 92.9 cm³/mol. The molecule has 6 nitrogen and oxygen atoms in total. The average molecular weight is 332 g/mol. The summed E-state index contributed by atoms with van der Waals surface area (Å²) < 4.78 is 7.34. The van der Waals surface area contributed by atoms with Crippen LogP contribution in [0.4, 0.5) is 0 Å². The van der Waals surface area contributed by atoms with Crippen LogP contribution in [-0.4, -0.2) is 25.3 Å². The molecule has 0 spiro atoms. The van der Waals surface area contributed by atoms with Gasteiger partial charge in [-0.3, -0.25) is 9.78 Å². The normalized spacial score (nSPS) is 11.1. The molecule has 0 atom stereocenters. The number of benzene rings is 1. The van der Waals surface area contributed by atoms with Gasteiger partial charge in [-0.1, -0.05) is 12.1 Å². The van der Waals surface area contributed by atoms with Gasteiger partial charge in [0.05, 0.1) is 25.5 Å². The van der Waals surface area contributed by atoms with Gasteiger partial charge in [0.25, 0.3) is 0 Å². The van der Waals surface area contributed by atoms with E-state index in [2.05, 4.69) is 15.0 Å². The van der Waals surface area contributed by atoms with Gasteiger partial charge in [-0.05, 0) is 17.5 Å². The Balaban J connectivity index is 1.59. The number of pyridine rings is 1. The van der Waals surface area contributed by atoms with Crippen LogP contribution in [0.2, 0.25) is 0 Å². The second kappa shape index (κ2) is 6.32. The molecular formula is C19H16N4O2. The summed E-state index contributed by atoms with van der Waals surface area (Å²) in [5, 5.41) is 2.04. The third-order valence-corrected chi connectivity index (χ3v) is 3.98. The van der Waals surface area contributed by atoms with Gasteiger partial charge >= 0.3 is 0 Å². The SMILES string of the molecule is Cc1ncc(-c2ccc3cnc(CC(=O)Cn4ccnc4)cc3c2)o1. The van der Waals surface area contributed by atoms with Crippen molar-refractivity contribution in [3.63, 3.8) is 0 Å². The van der Waals surface area contributed by atoms with Gasteiger partial charge in [0.2, 0.25) is 0 Å². The number of ketones is 1. The fourth-order valence-electron chi connectivity index (χ4n) is 2.77. The molecule has 0 N–H and O–H groups in total. The fourth-order valence-corrected chi connectivity index (χ4v) is 2.77. The molecule has 0 saturated carbocycles. The zero-order valence-electron chi connectivity index (χ0n) is 13.7. The Morgan fingerprint density at radius 1 is 1.16 bits per heavy atom. The maximum absolute atomic E-state index is 12.2. The molecule has 3 heterocycles. The largest absolute Gasteiger partial charge is 0.441 e. The third kappa shape index (κ3) is 3.33. The molecule has 0 unspecified atom stereocenters. The standard InChI is InChI=1S/C19H16N4O2/c1-13-21-10-19(25-13)14-2-3-15-9-22-17(7-16(15)6-14)8-18(24)11-23-5-4-20-12-23/h2-7,9-10,12H,8,11H2,1H3. The molecule has 0 amide bonds. The number of fused-ring (bicyclic) bond motifs is 1. The average Bonchev–Trinajstić information content (AvgIpc) is 3.26. The Morgan fingerprint density at radius 3 is 2.84 bits per heavy atom. The molecule has 0 radical (unpaired) electrons. The lowest BCUT2D eigenvalue weighted by Gasteiger charge is -2.05. The van der Waals surface area contributed by atoms with E-state index in [0.29, 0.717) is 18.9 Å². The Bertz CT molecular complexity index is 1030. The lowest BCUT2D eigenvalue weighted by atomic mass is 10.1. The molecule has 0 aliphatic rings. The minimum Gasteiger partial charge on any atom is -0.441 e. The highest BCUT2D eigenvalue weighted by Crippen LogP contribution is 2.25. The minimum atomic E-state index is 0.0897. The summed E-state index contributed by atoms with van der Waals surface area (Å²) in [6.45, 7) is 2.12. The van der Waals surface area contributed by atoms with E-state index >= 15 is 0 Å². The number of rotatable bonds is 5. The molecule has 0 aliphatic heterocycles. The quantitative estimate of drug-likeness (QED) is 0.561. The maximum Gasteiger partial charge on any atom is 0.191 e. The zero-order valence-corrected chi connectivity index (χ0v) is 13.7. The molecule has 124 valence electrons. The predicted octanol–water partition coefficient (Wildman–Crippen LogP) is 3.21. The number of aromatic nitrogens is 4. The topological polar surface area (TPSA) is 73.8 Å². The van der Waals surface area contributed by atoms with Crippen molar-refractivity contribution in [3.8, 4) is 11.3 Å². The summed E-state index contributed by atoms with van der Waals surface area (Å²) >= 11 is 0. The van der Waals surface area contributed by atoms with Crippen molar-refractivity contribution in [2.75, 3.05) is 0 Å². The van der Waals surface area contributed by atoms with E-state index in [9.17, 15) is 4.79 Å². The van der Waals surface area contributed by atoms with Crippen LogP contribution in [0.1, 0.15) is 11.6 Å². The van der Waals surface area contributed by atoms with Gasteiger partial charge in [-0.25, -0.2) is 9.97 Å². The monoisotopic (exact) mass is 332 g/mol. The number of hydrogen-bond donors (Lipinski definition) is 0. The highest BCUT2D eigenvalue weighted by molar-refractivity contribution is 5.87. The Morgan fingerprint density at radius 2 is 2.08 bits per heavy atom. The summed E-state index contributed by atoms with van der Waals surface area (Å²) in [7, 11) is 0. The van der Waals surface area contributed by atoms with Crippen LogP contribution in [0.15, 0.2) is 59.8 Å². The molecule has 4 rings (SSSR count). The van der Waals surface area contributed by atoms with E-state index in [0.717, 1.165) is 27.8 Å². The first-order valence-corrected chi connectivity index (χ1v) is 7.96.